The first-order valence-electron chi connectivity index (χ1n) is 4.13. The number of hydrogen-bond donors (Lipinski definition) is 0. The molecule has 0 aliphatic heterocycles. The summed E-state index contributed by atoms with van der Waals surface area (Å²) >= 11 is 5.69. The van der Waals surface area contributed by atoms with E-state index >= 15 is 0 Å². The molecule has 1 rings (SSSR count). The Hall–Kier alpha value is -1.08. The molecule has 0 saturated heterocycles. The Bertz CT molecular complexity index is 324. The smallest absolute Gasteiger partial charge is 0.162 e. The minimum absolute atomic E-state index is 0.145. The summed E-state index contributed by atoms with van der Waals surface area (Å²) in [6.07, 6.45) is 0.529. The lowest BCUT2D eigenvalue weighted by atomic mass is 10.1. The summed E-state index contributed by atoms with van der Waals surface area (Å²) in [6, 6.07) is 7.15. The van der Waals surface area contributed by atoms with Crippen molar-refractivity contribution in [2.24, 2.45) is 0 Å². The molecule has 0 unspecified atom stereocenters. The molecule has 0 fully saturated rings. The summed E-state index contributed by atoms with van der Waals surface area (Å²) in [5.41, 5.74) is 1.58. The van der Waals surface area contributed by atoms with Gasteiger partial charge in [0.1, 0.15) is 0 Å². The molecule has 1 aromatic rings. The Labute approximate surface area is 83.0 Å². The van der Waals surface area contributed by atoms with Crippen LogP contribution < -0.4 is 0 Å². The molecule has 1 nitrogen and oxygen atoms in total. The number of halogens is 1. The first-order valence-corrected chi connectivity index (χ1v) is 4.51. The largest absolute Gasteiger partial charge is 0.294 e. The lowest BCUT2D eigenvalue weighted by Gasteiger charge is -1.99. The zero-order valence-corrected chi connectivity index (χ0v) is 8.27. The van der Waals surface area contributed by atoms with Crippen molar-refractivity contribution in [2.75, 3.05) is 0 Å². The minimum atomic E-state index is 0.145. The predicted molar refractivity (Wildman–Crippen MR) is 56.0 cm³/mol. The monoisotopic (exact) mass is 194 g/mol. The average Bonchev–Trinajstić information content (AvgIpc) is 2.17. The van der Waals surface area contributed by atoms with E-state index < -0.39 is 0 Å². The van der Waals surface area contributed by atoms with Crippen LogP contribution >= 0.6 is 11.6 Å². The summed E-state index contributed by atoms with van der Waals surface area (Å²) in [4.78, 5) is 11.2. The number of carbonyl (C=O) groups is 1. The standard InChI is InChI=1S/C11H11ClO/c1-3-11(13)10-6-4-9(5-7-10)8(2)12/h4-7H,2-3H2,1H3. The van der Waals surface area contributed by atoms with E-state index in [4.69, 9.17) is 11.6 Å². The highest BCUT2D eigenvalue weighted by atomic mass is 35.5. The van der Waals surface area contributed by atoms with E-state index in [1.807, 2.05) is 6.92 Å². The SMILES string of the molecule is C=C(Cl)c1ccc(C(=O)CC)cc1. The quantitative estimate of drug-likeness (QED) is 0.674. The van der Waals surface area contributed by atoms with Gasteiger partial charge in [0.15, 0.2) is 5.78 Å². The second-order valence-corrected chi connectivity index (χ2v) is 3.22. The fraction of sp³-hybridized carbons (Fsp3) is 0.182. The average molecular weight is 195 g/mol. The number of Topliss-reactive ketones (excluding diaryl/α,β-unsaturated/α-hetero) is 1. The lowest BCUT2D eigenvalue weighted by Crippen LogP contribution is -1.95. The van der Waals surface area contributed by atoms with Crippen molar-refractivity contribution in [3.63, 3.8) is 0 Å². The van der Waals surface area contributed by atoms with Gasteiger partial charge in [-0.05, 0) is 5.56 Å². The van der Waals surface area contributed by atoms with E-state index in [0.29, 0.717) is 11.5 Å². The summed E-state index contributed by atoms with van der Waals surface area (Å²) in [5.74, 6) is 0.145. The normalized spacial score (nSPS) is 9.69. The number of rotatable bonds is 3. The molecule has 0 amide bonds. The molecule has 2 heteroatoms. The highest BCUT2D eigenvalue weighted by molar-refractivity contribution is 6.48. The molecule has 0 heterocycles. The number of benzene rings is 1. The first-order chi connectivity index (χ1) is 6.15. The molecule has 0 saturated carbocycles. The second-order valence-electron chi connectivity index (χ2n) is 2.76. The molecule has 0 N–H and O–H groups in total. The summed E-state index contributed by atoms with van der Waals surface area (Å²) in [6.45, 7) is 5.44. The van der Waals surface area contributed by atoms with Crippen LogP contribution in [0.1, 0.15) is 29.3 Å². The molecule has 0 aromatic heterocycles. The number of carbonyl (C=O) groups excluding carboxylic acids is 1. The van der Waals surface area contributed by atoms with Gasteiger partial charge in [-0.2, -0.15) is 0 Å². The van der Waals surface area contributed by atoms with E-state index in [0.717, 1.165) is 11.1 Å². The van der Waals surface area contributed by atoms with Crippen LogP contribution in [0.4, 0.5) is 0 Å². The van der Waals surface area contributed by atoms with Crippen molar-refractivity contribution >= 4 is 22.4 Å². The third kappa shape index (κ3) is 2.43. The van der Waals surface area contributed by atoms with E-state index in [1.54, 1.807) is 24.3 Å². The van der Waals surface area contributed by atoms with Gasteiger partial charge in [-0.3, -0.25) is 4.79 Å². The molecule has 0 bridgehead atoms. The van der Waals surface area contributed by atoms with Crippen molar-refractivity contribution in [2.45, 2.75) is 13.3 Å². The molecule has 0 spiro atoms. The van der Waals surface area contributed by atoms with Crippen LogP contribution in [0.15, 0.2) is 30.8 Å². The highest BCUT2D eigenvalue weighted by Crippen LogP contribution is 2.17. The molecular formula is C11H11ClO. The van der Waals surface area contributed by atoms with Gasteiger partial charge in [-0.1, -0.05) is 49.4 Å². The zero-order valence-electron chi connectivity index (χ0n) is 7.51. The maximum atomic E-state index is 11.2. The maximum absolute atomic E-state index is 11.2. The first kappa shape index (κ1) is 10.0. The van der Waals surface area contributed by atoms with Crippen LogP contribution in [0, 0.1) is 0 Å². The summed E-state index contributed by atoms with van der Waals surface area (Å²) in [5, 5.41) is 0.496. The lowest BCUT2D eigenvalue weighted by molar-refractivity contribution is 0.0988. The van der Waals surface area contributed by atoms with Gasteiger partial charge in [0.05, 0.1) is 0 Å². The van der Waals surface area contributed by atoms with E-state index in [1.165, 1.54) is 0 Å². The third-order valence-corrected chi connectivity index (χ3v) is 2.06. The fourth-order valence-electron chi connectivity index (χ4n) is 1.04. The summed E-state index contributed by atoms with van der Waals surface area (Å²) in [7, 11) is 0. The Kier molecular flexibility index (Phi) is 3.26. The van der Waals surface area contributed by atoms with Gasteiger partial charge in [-0.15, -0.1) is 0 Å². The van der Waals surface area contributed by atoms with Crippen LogP contribution in [-0.4, -0.2) is 5.78 Å². The second kappa shape index (κ2) is 4.24. The molecular weight excluding hydrogens is 184 g/mol. The van der Waals surface area contributed by atoms with Crippen LogP contribution in [0.2, 0.25) is 0 Å². The van der Waals surface area contributed by atoms with Crippen LogP contribution in [0.25, 0.3) is 5.03 Å². The molecule has 0 atom stereocenters. The topological polar surface area (TPSA) is 17.1 Å². The van der Waals surface area contributed by atoms with Crippen molar-refractivity contribution in [3.05, 3.63) is 42.0 Å². The Balaban J connectivity index is 2.93. The molecule has 0 aliphatic rings. The van der Waals surface area contributed by atoms with Crippen LogP contribution in [-0.2, 0) is 0 Å². The third-order valence-electron chi connectivity index (χ3n) is 1.84. The number of ketones is 1. The van der Waals surface area contributed by atoms with E-state index in [-0.39, 0.29) is 5.78 Å². The Morgan fingerprint density at radius 2 is 1.77 bits per heavy atom. The van der Waals surface area contributed by atoms with Crippen LogP contribution in [0.3, 0.4) is 0 Å². The number of hydrogen-bond acceptors (Lipinski definition) is 1. The van der Waals surface area contributed by atoms with Gasteiger partial charge < -0.3 is 0 Å². The van der Waals surface area contributed by atoms with Gasteiger partial charge in [0.25, 0.3) is 0 Å². The molecule has 1 aromatic carbocycles. The van der Waals surface area contributed by atoms with Crippen molar-refractivity contribution in [1.29, 1.82) is 0 Å². The van der Waals surface area contributed by atoms with Gasteiger partial charge in [0.2, 0.25) is 0 Å². The molecule has 13 heavy (non-hydrogen) atoms. The molecule has 0 radical (unpaired) electrons. The maximum Gasteiger partial charge on any atom is 0.162 e. The highest BCUT2D eigenvalue weighted by Gasteiger charge is 2.02. The van der Waals surface area contributed by atoms with Crippen molar-refractivity contribution in [1.82, 2.24) is 0 Å². The zero-order chi connectivity index (χ0) is 9.84. The van der Waals surface area contributed by atoms with Crippen LogP contribution in [0.5, 0.6) is 0 Å². The van der Waals surface area contributed by atoms with Crippen molar-refractivity contribution < 1.29 is 4.79 Å². The van der Waals surface area contributed by atoms with Gasteiger partial charge >= 0.3 is 0 Å². The van der Waals surface area contributed by atoms with E-state index in [2.05, 4.69) is 6.58 Å². The Morgan fingerprint density at radius 1 is 1.31 bits per heavy atom. The molecule has 68 valence electrons. The predicted octanol–water partition coefficient (Wildman–Crippen LogP) is 3.49. The van der Waals surface area contributed by atoms with Gasteiger partial charge in [-0.25, -0.2) is 0 Å². The van der Waals surface area contributed by atoms with Gasteiger partial charge in [0, 0.05) is 17.0 Å². The Morgan fingerprint density at radius 3 is 2.15 bits per heavy atom. The van der Waals surface area contributed by atoms with Crippen molar-refractivity contribution in [3.8, 4) is 0 Å². The molecule has 0 aliphatic carbocycles. The fourth-order valence-corrected chi connectivity index (χ4v) is 1.17. The summed E-state index contributed by atoms with van der Waals surface area (Å²) < 4.78 is 0. The minimum Gasteiger partial charge on any atom is -0.294 e. The van der Waals surface area contributed by atoms with E-state index in [9.17, 15) is 4.79 Å².